The molecular formula is C24H33NO2. The van der Waals surface area contributed by atoms with Gasteiger partial charge in [-0.15, -0.1) is 0 Å². The molecule has 0 aromatic heterocycles. The molecule has 1 atom stereocenters. The normalized spacial score (nSPS) is 12.7. The topological polar surface area (TPSA) is 38.3 Å². The van der Waals surface area contributed by atoms with Gasteiger partial charge in [0.15, 0.2) is 6.61 Å². The van der Waals surface area contributed by atoms with Gasteiger partial charge in [0.05, 0.1) is 6.04 Å². The third-order valence-electron chi connectivity index (χ3n) is 4.80. The number of rotatable bonds is 6. The Labute approximate surface area is 164 Å². The summed E-state index contributed by atoms with van der Waals surface area (Å²) in [6.07, 6.45) is 0. The summed E-state index contributed by atoms with van der Waals surface area (Å²) in [7, 11) is 0. The standard InChI is InChI=1S/C24H33NO2/c1-16(2)21-13-8-17(3)14-22(21)27-15-23(26)25-18(4)19-9-11-20(12-10-19)24(5,6)7/h8-14,16,18H,15H2,1-7H3,(H,25,26)/t18-/m1/s1. The molecule has 0 radical (unpaired) electrons. The summed E-state index contributed by atoms with van der Waals surface area (Å²) >= 11 is 0. The Hall–Kier alpha value is -2.29. The first kappa shape index (κ1) is 21.0. The highest BCUT2D eigenvalue weighted by Gasteiger charge is 2.16. The molecule has 0 bridgehead atoms. The summed E-state index contributed by atoms with van der Waals surface area (Å²) in [5.74, 6) is 1.03. The molecule has 3 nitrogen and oxygen atoms in total. The number of benzene rings is 2. The van der Waals surface area contributed by atoms with Gasteiger partial charge < -0.3 is 10.1 Å². The Morgan fingerprint density at radius 1 is 1.04 bits per heavy atom. The molecule has 0 fully saturated rings. The van der Waals surface area contributed by atoms with E-state index in [-0.39, 0.29) is 24.0 Å². The smallest absolute Gasteiger partial charge is 0.258 e. The van der Waals surface area contributed by atoms with Gasteiger partial charge in [0.1, 0.15) is 5.75 Å². The van der Waals surface area contributed by atoms with Crippen molar-refractivity contribution in [2.45, 2.75) is 65.8 Å². The maximum absolute atomic E-state index is 12.4. The van der Waals surface area contributed by atoms with Gasteiger partial charge in [0.25, 0.3) is 5.91 Å². The number of hydrogen-bond acceptors (Lipinski definition) is 2. The quantitative estimate of drug-likeness (QED) is 0.714. The highest BCUT2D eigenvalue weighted by Crippen LogP contribution is 2.27. The fourth-order valence-corrected chi connectivity index (χ4v) is 3.03. The number of amides is 1. The molecule has 2 rings (SSSR count). The predicted molar refractivity (Wildman–Crippen MR) is 112 cm³/mol. The van der Waals surface area contributed by atoms with E-state index in [0.717, 1.165) is 22.4 Å². The van der Waals surface area contributed by atoms with E-state index in [1.165, 1.54) is 5.56 Å². The Bertz CT molecular complexity index is 770. The second kappa shape index (κ2) is 8.60. The van der Waals surface area contributed by atoms with E-state index in [9.17, 15) is 4.79 Å². The average Bonchev–Trinajstić information content (AvgIpc) is 2.59. The van der Waals surface area contributed by atoms with Crippen molar-refractivity contribution in [1.29, 1.82) is 0 Å². The largest absolute Gasteiger partial charge is 0.483 e. The Morgan fingerprint density at radius 2 is 1.67 bits per heavy atom. The van der Waals surface area contributed by atoms with E-state index < -0.39 is 0 Å². The van der Waals surface area contributed by atoms with Crippen molar-refractivity contribution in [3.63, 3.8) is 0 Å². The summed E-state index contributed by atoms with van der Waals surface area (Å²) in [5.41, 5.74) is 4.76. The fraction of sp³-hybridized carbons (Fsp3) is 0.458. The summed E-state index contributed by atoms with van der Waals surface area (Å²) in [6.45, 7) is 14.9. The van der Waals surface area contributed by atoms with Gasteiger partial charge in [-0.2, -0.15) is 0 Å². The van der Waals surface area contributed by atoms with Crippen LogP contribution in [0.3, 0.4) is 0 Å². The summed E-state index contributed by atoms with van der Waals surface area (Å²) in [4.78, 5) is 12.4. The third kappa shape index (κ3) is 5.85. The molecule has 0 saturated heterocycles. The predicted octanol–water partition coefficient (Wildman–Crippen LogP) is 5.67. The fourth-order valence-electron chi connectivity index (χ4n) is 3.03. The van der Waals surface area contributed by atoms with Gasteiger partial charge in [0.2, 0.25) is 0 Å². The second-order valence-electron chi connectivity index (χ2n) is 8.65. The van der Waals surface area contributed by atoms with Crippen LogP contribution in [0, 0.1) is 6.92 Å². The van der Waals surface area contributed by atoms with Crippen LogP contribution < -0.4 is 10.1 Å². The lowest BCUT2D eigenvalue weighted by Gasteiger charge is -2.21. The van der Waals surface area contributed by atoms with Crippen LogP contribution in [0.4, 0.5) is 0 Å². The molecule has 0 aliphatic heterocycles. The van der Waals surface area contributed by atoms with Gasteiger partial charge in [-0.05, 0) is 53.5 Å². The molecule has 0 heterocycles. The first-order chi connectivity index (χ1) is 12.6. The summed E-state index contributed by atoms with van der Waals surface area (Å²) in [6, 6.07) is 14.5. The van der Waals surface area contributed by atoms with E-state index in [0.29, 0.717) is 5.92 Å². The molecule has 0 aliphatic rings. The van der Waals surface area contributed by atoms with Crippen LogP contribution >= 0.6 is 0 Å². The van der Waals surface area contributed by atoms with Crippen molar-refractivity contribution in [1.82, 2.24) is 5.32 Å². The Balaban J connectivity index is 1.97. The van der Waals surface area contributed by atoms with Crippen molar-refractivity contribution >= 4 is 5.91 Å². The first-order valence-electron chi connectivity index (χ1n) is 9.71. The molecule has 3 heteroatoms. The molecule has 0 aliphatic carbocycles. The van der Waals surface area contributed by atoms with Crippen molar-refractivity contribution < 1.29 is 9.53 Å². The zero-order valence-electron chi connectivity index (χ0n) is 17.7. The van der Waals surface area contributed by atoms with Crippen LogP contribution in [0.5, 0.6) is 5.75 Å². The minimum Gasteiger partial charge on any atom is -0.483 e. The summed E-state index contributed by atoms with van der Waals surface area (Å²) < 4.78 is 5.83. The molecule has 146 valence electrons. The van der Waals surface area contributed by atoms with Crippen LogP contribution in [-0.2, 0) is 10.2 Å². The highest BCUT2D eigenvalue weighted by atomic mass is 16.5. The maximum Gasteiger partial charge on any atom is 0.258 e. The van der Waals surface area contributed by atoms with Crippen molar-refractivity contribution in [3.8, 4) is 5.75 Å². The lowest BCUT2D eigenvalue weighted by atomic mass is 9.86. The highest BCUT2D eigenvalue weighted by molar-refractivity contribution is 5.78. The minimum atomic E-state index is -0.112. The molecule has 27 heavy (non-hydrogen) atoms. The van der Waals surface area contributed by atoms with E-state index in [2.05, 4.69) is 76.3 Å². The van der Waals surface area contributed by atoms with Crippen molar-refractivity contribution in [2.75, 3.05) is 6.61 Å². The second-order valence-corrected chi connectivity index (χ2v) is 8.65. The molecule has 1 N–H and O–H groups in total. The van der Waals surface area contributed by atoms with Crippen LogP contribution in [0.15, 0.2) is 42.5 Å². The van der Waals surface area contributed by atoms with E-state index >= 15 is 0 Å². The average molecular weight is 368 g/mol. The zero-order chi connectivity index (χ0) is 20.2. The molecule has 0 spiro atoms. The number of hydrogen-bond donors (Lipinski definition) is 1. The molecule has 2 aromatic carbocycles. The number of nitrogens with one attached hydrogen (secondary N) is 1. The van der Waals surface area contributed by atoms with Crippen molar-refractivity contribution in [2.24, 2.45) is 0 Å². The van der Waals surface area contributed by atoms with Crippen LogP contribution in [0.25, 0.3) is 0 Å². The van der Waals surface area contributed by atoms with E-state index in [1.807, 2.05) is 19.9 Å². The van der Waals surface area contributed by atoms with Gasteiger partial charge in [0, 0.05) is 0 Å². The number of aryl methyl sites for hydroxylation is 1. The summed E-state index contributed by atoms with van der Waals surface area (Å²) in [5, 5.41) is 3.02. The Kier molecular flexibility index (Phi) is 6.69. The SMILES string of the molecule is Cc1ccc(C(C)C)c(OCC(=O)N[C@H](C)c2ccc(C(C)(C)C)cc2)c1. The van der Waals surface area contributed by atoms with Crippen LogP contribution in [0.1, 0.15) is 75.8 Å². The zero-order valence-corrected chi connectivity index (χ0v) is 17.7. The monoisotopic (exact) mass is 367 g/mol. The van der Waals surface area contributed by atoms with Crippen LogP contribution in [0.2, 0.25) is 0 Å². The molecule has 1 amide bonds. The third-order valence-corrected chi connectivity index (χ3v) is 4.80. The molecule has 0 saturated carbocycles. The van der Waals surface area contributed by atoms with Gasteiger partial charge in [-0.1, -0.05) is 71.0 Å². The number of carbonyl (C=O) groups is 1. The number of carbonyl (C=O) groups excluding carboxylic acids is 1. The Morgan fingerprint density at radius 3 is 2.22 bits per heavy atom. The van der Waals surface area contributed by atoms with Crippen LogP contribution in [-0.4, -0.2) is 12.5 Å². The lowest BCUT2D eigenvalue weighted by Crippen LogP contribution is -2.31. The molecule has 0 unspecified atom stereocenters. The van der Waals surface area contributed by atoms with Gasteiger partial charge >= 0.3 is 0 Å². The van der Waals surface area contributed by atoms with Gasteiger partial charge in [-0.25, -0.2) is 0 Å². The molecular weight excluding hydrogens is 334 g/mol. The van der Waals surface area contributed by atoms with E-state index in [4.69, 9.17) is 4.74 Å². The molecule has 2 aromatic rings. The minimum absolute atomic E-state index is 0.0214. The van der Waals surface area contributed by atoms with Gasteiger partial charge in [-0.3, -0.25) is 4.79 Å². The van der Waals surface area contributed by atoms with E-state index in [1.54, 1.807) is 0 Å². The van der Waals surface area contributed by atoms with Crippen molar-refractivity contribution in [3.05, 3.63) is 64.7 Å². The lowest BCUT2D eigenvalue weighted by molar-refractivity contribution is -0.123. The maximum atomic E-state index is 12.4. The number of ether oxygens (including phenoxy) is 1. The first-order valence-corrected chi connectivity index (χ1v) is 9.71.